The van der Waals surface area contributed by atoms with Gasteiger partial charge in [0.05, 0.1) is 11.6 Å². The molecule has 0 unspecified atom stereocenters. The van der Waals surface area contributed by atoms with Crippen LogP contribution in [-0.2, 0) is 0 Å². The number of aromatic nitrogens is 3. The highest BCUT2D eigenvalue weighted by molar-refractivity contribution is 5.91. The molecule has 3 aliphatic rings. The van der Waals surface area contributed by atoms with Gasteiger partial charge in [0.1, 0.15) is 5.39 Å². The number of nitrogens with one attached hydrogen (secondary N) is 4. The van der Waals surface area contributed by atoms with Gasteiger partial charge in [0.2, 0.25) is 0 Å². The van der Waals surface area contributed by atoms with Gasteiger partial charge in [-0.1, -0.05) is 25.0 Å². The van der Waals surface area contributed by atoms with Crippen LogP contribution in [0.2, 0.25) is 0 Å². The van der Waals surface area contributed by atoms with Gasteiger partial charge in [-0.15, -0.1) is 0 Å². The second-order valence-electron chi connectivity index (χ2n) is 10.2. The Morgan fingerprint density at radius 1 is 1.00 bits per heavy atom. The summed E-state index contributed by atoms with van der Waals surface area (Å²) in [6.45, 7) is 0. The first-order valence-corrected chi connectivity index (χ1v) is 12.6. The molecule has 33 heavy (non-hydrogen) atoms. The van der Waals surface area contributed by atoms with Gasteiger partial charge in [0.15, 0.2) is 5.82 Å². The molecule has 5 atom stereocenters. The van der Waals surface area contributed by atoms with Crippen LogP contribution in [0.15, 0.2) is 41.3 Å². The van der Waals surface area contributed by atoms with E-state index in [1.165, 1.54) is 44.1 Å². The molecular formula is C26H34N6O. The minimum Gasteiger partial charge on any atom is -0.338 e. The third-order valence-corrected chi connectivity index (χ3v) is 8.16. The highest BCUT2D eigenvalue weighted by Crippen LogP contribution is 2.38. The zero-order chi connectivity index (χ0) is 22.4. The van der Waals surface area contributed by atoms with Gasteiger partial charge in [-0.25, -0.2) is 0 Å². The maximum absolute atomic E-state index is 12.8. The van der Waals surface area contributed by atoms with Crippen molar-refractivity contribution < 1.29 is 0 Å². The first-order chi connectivity index (χ1) is 16.2. The number of anilines is 2. The summed E-state index contributed by atoms with van der Waals surface area (Å²) in [6.07, 6.45) is 11.5. The number of piperidine rings is 1. The molecule has 3 aromatic rings. The number of pyridine rings is 1. The Balaban J connectivity index is 1.29. The van der Waals surface area contributed by atoms with Crippen molar-refractivity contribution in [1.29, 1.82) is 0 Å². The molecule has 3 fully saturated rings. The van der Waals surface area contributed by atoms with Crippen molar-refractivity contribution in [3.63, 3.8) is 0 Å². The Kier molecular flexibility index (Phi) is 5.46. The van der Waals surface area contributed by atoms with E-state index in [0.717, 1.165) is 24.0 Å². The lowest BCUT2D eigenvalue weighted by Gasteiger charge is -2.31. The van der Waals surface area contributed by atoms with Gasteiger partial charge in [-0.05, 0) is 75.3 Å². The summed E-state index contributed by atoms with van der Waals surface area (Å²) in [6, 6.07) is 12.7. The highest BCUT2D eigenvalue weighted by Gasteiger charge is 2.34. The van der Waals surface area contributed by atoms with Crippen molar-refractivity contribution in [2.45, 2.75) is 81.5 Å². The number of likely N-dealkylation sites (N-methyl/N-ethyl adjacent to an activating group) is 1. The zero-order valence-corrected chi connectivity index (χ0v) is 19.3. The summed E-state index contributed by atoms with van der Waals surface area (Å²) in [5.74, 6) is 1.28. The molecule has 7 heteroatoms. The molecule has 0 amide bonds. The number of benzene rings is 1. The minimum absolute atomic E-state index is 0.0973. The van der Waals surface area contributed by atoms with Crippen LogP contribution < -0.4 is 21.5 Å². The van der Waals surface area contributed by atoms with Gasteiger partial charge in [-0.2, -0.15) is 5.10 Å². The van der Waals surface area contributed by atoms with Crippen LogP contribution >= 0.6 is 0 Å². The number of hydrogen-bond acceptors (Lipinski definition) is 5. The molecule has 2 bridgehead atoms. The molecule has 1 aromatic carbocycles. The van der Waals surface area contributed by atoms with E-state index in [1.807, 2.05) is 13.1 Å². The molecule has 0 spiro atoms. The molecule has 4 heterocycles. The van der Waals surface area contributed by atoms with Gasteiger partial charge in [-0.3, -0.25) is 9.48 Å². The average Bonchev–Trinajstić information content (AvgIpc) is 3.39. The Morgan fingerprint density at radius 3 is 2.52 bits per heavy atom. The van der Waals surface area contributed by atoms with E-state index in [2.05, 4.69) is 49.9 Å². The number of aromatic amines is 1. The molecule has 2 aromatic heterocycles. The number of hydrogen-bond donors (Lipinski definition) is 4. The molecule has 1 aliphatic carbocycles. The Labute approximate surface area is 194 Å². The zero-order valence-electron chi connectivity index (χ0n) is 19.3. The van der Waals surface area contributed by atoms with E-state index in [9.17, 15) is 4.79 Å². The van der Waals surface area contributed by atoms with E-state index in [4.69, 9.17) is 5.10 Å². The molecule has 0 radical (unpaired) electrons. The molecule has 7 nitrogen and oxygen atoms in total. The average molecular weight is 447 g/mol. The molecule has 1 saturated carbocycles. The predicted molar refractivity (Wildman–Crippen MR) is 132 cm³/mol. The van der Waals surface area contributed by atoms with Crippen molar-refractivity contribution in [3.8, 4) is 0 Å². The Hall–Kier alpha value is -2.64. The van der Waals surface area contributed by atoms with E-state index in [-0.39, 0.29) is 11.6 Å². The molecule has 4 N–H and O–H groups in total. The largest absolute Gasteiger partial charge is 0.338 e. The molecule has 6 rings (SSSR count). The van der Waals surface area contributed by atoms with Gasteiger partial charge in [0, 0.05) is 30.0 Å². The first-order valence-electron chi connectivity index (χ1n) is 12.6. The smallest absolute Gasteiger partial charge is 0.261 e. The van der Waals surface area contributed by atoms with Gasteiger partial charge in [0.25, 0.3) is 5.56 Å². The van der Waals surface area contributed by atoms with Crippen LogP contribution in [0.4, 0.5) is 11.5 Å². The minimum atomic E-state index is -0.0973. The lowest BCUT2D eigenvalue weighted by atomic mass is 9.86. The standard InChI is InChI=1S/C26H34N6O/c1-27-21-4-2-3-5-22(21)32-23-12-13-28-26(33)24(23)25(31-32)30-18-8-6-16(7-9-18)17-14-19-10-11-20(15-17)29-19/h6-9,12-13,17,19-22,27,29H,2-5,10-11,14-15H2,1H3,(H,28,33)(H,30,31)/t17-,19+,20-,21-,22-/m0/s1. The van der Waals surface area contributed by atoms with Crippen molar-refractivity contribution in [2.75, 3.05) is 12.4 Å². The monoisotopic (exact) mass is 446 g/mol. The predicted octanol–water partition coefficient (Wildman–Crippen LogP) is 4.17. The highest BCUT2D eigenvalue weighted by atomic mass is 16.1. The van der Waals surface area contributed by atoms with Crippen LogP contribution in [-0.4, -0.2) is 39.9 Å². The fourth-order valence-electron chi connectivity index (χ4n) is 6.49. The van der Waals surface area contributed by atoms with Crippen molar-refractivity contribution in [2.24, 2.45) is 0 Å². The summed E-state index contributed by atoms with van der Waals surface area (Å²) in [4.78, 5) is 15.6. The lowest BCUT2D eigenvalue weighted by molar-refractivity contribution is 0.263. The van der Waals surface area contributed by atoms with Crippen molar-refractivity contribution >= 4 is 22.4 Å². The van der Waals surface area contributed by atoms with Crippen LogP contribution in [0.25, 0.3) is 10.9 Å². The van der Waals surface area contributed by atoms with Gasteiger partial charge >= 0.3 is 0 Å². The third-order valence-electron chi connectivity index (χ3n) is 8.16. The number of fused-ring (bicyclic) bond motifs is 3. The summed E-state index contributed by atoms with van der Waals surface area (Å²) < 4.78 is 2.08. The summed E-state index contributed by atoms with van der Waals surface area (Å²) in [5.41, 5.74) is 3.19. The summed E-state index contributed by atoms with van der Waals surface area (Å²) >= 11 is 0. The van der Waals surface area contributed by atoms with E-state index in [0.29, 0.717) is 35.2 Å². The topological polar surface area (TPSA) is 86.8 Å². The summed E-state index contributed by atoms with van der Waals surface area (Å²) in [5, 5.41) is 16.2. The fraction of sp³-hybridized carbons (Fsp3) is 0.538. The maximum atomic E-state index is 12.8. The molecule has 2 saturated heterocycles. The van der Waals surface area contributed by atoms with E-state index >= 15 is 0 Å². The van der Waals surface area contributed by atoms with Crippen LogP contribution in [0.1, 0.15) is 68.9 Å². The summed E-state index contributed by atoms with van der Waals surface area (Å²) in [7, 11) is 2.02. The number of H-pyrrole nitrogens is 1. The second-order valence-corrected chi connectivity index (χ2v) is 10.2. The lowest BCUT2D eigenvalue weighted by Crippen LogP contribution is -2.38. The van der Waals surface area contributed by atoms with Crippen LogP contribution in [0.5, 0.6) is 0 Å². The van der Waals surface area contributed by atoms with Crippen LogP contribution in [0.3, 0.4) is 0 Å². The van der Waals surface area contributed by atoms with Gasteiger partial charge < -0.3 is 20.9 Å². The van der Waals surface area contributed by atoms with Crippen LogP contribution in [0, 0.1) is 0 Å². The Bertz CT molecular complexity index is 1170. The normalized spacial score (nSPS) is 29.4. The quantitative estimate of drug-likeness (QED) is 0.473. The number of rotatable bonds is 5. The number of nitrogens with zero attached hydrogens (tertiary/aromatic N) is 2. The van der Waals surface area contributed by atoms with E-state index < -0.39 is 0 Å². The SMILES string of the molecule is CN[C@H]1CCCC[C@@H]1n1nc(Nc2ccc([C@H]3C[C@H]4CC[C@@H](C3)N4)cc2)c2c(=O)[nH]ccc21. The maximum Gasteiger partial charge on any atom is 0.261 e. The molecule has 2 aliphatic heterocycles. The van der Waals surface area contributed by atoms with E-state index in [1.54, 1.807) is 6.20 Å². The first kappa shape index (κ1) is 20.9. The molecule has 174 valence electrons. The van der Waals surface area contributed by atoms with Crippen molar-refractivity contribution in [3.05, 3.63) is 52.4 Å². The molecular weight excluding hydrogens is 412 g/mol. The van der Waals surface area contributed by atoms with Crippen molar-refractivity contribution in [1.82, 2.24) is 25.4 Å². The third kappa shape index (κ3) is 3.87. The second kappa shape index (κ2) is 8.61. The Morgan fingerprint density at radius 2 is 1.76 bits per heavy atom. The fourth-order valence-corrected chi connectivity index (χ4v) is 6.49.